The topological polar surface area (TPSA) is 49.2 Å². The van der Waals surface area contributed by atoms with Gasteiger partial charge in [-0.25, -0.2) is 9.97 Å². The molecule has 0 bridgehead atoms. The van der Waals surface area contributed by atoms with Gasteiger partial charge in [0.15, 0.2) is 0 Å². The molecule has 2 saturated heterocycles. The minimum absolute atomic E-state index is 0.0932. The monoisotopic (exact) mass is 245 g/mol. The zero-order chi connectivity index (χ0) is 12.1. The molecule has 2 aromatic rings. The third-order valence-corrected chi connectivity index (χ3v) is 3.99. The van der Waals surface area contributed by atoms with E-state index < -0.39 is 0 Å². The molecule has 2 fully saturated rings. The van der Waals surface area contributed by atoms with E-state index in [0.29, 0.717) is 5.92 Å². The second-order valence-electron chi connectivity index (χ2n) is 5.08. The highest BCUT2D eigenvalue weighted by Gasteiger charge is 2.40. The predicted molar refractivity (Wildman–Crippen MR) is 65.1 cm³/mol. The average Bonchev–Trinajstić information content (AvgIpc) is 3.00. The number of aryl methyl sites for hydroxylation is 1. The van der Waals surface area contributed by atoms with Crippen LogP contribution >= 0.6 is 0 Å². The quantitative estimate of drug-likeness (QED) is 0.767. The van der Waals surface area contributed by atoms with Gasteiger partial charge in [0.2, 0.25) is 0 Å². The molecule has 5 heteroatoms. The third kappa shape index (κ3) is 1.41. The summed E-state index contributed by atoms with van der Waals surface area (Å²) in [5.74, 6) is 0.537. The van der Waals surface area contributed by atoms with Crippen LogP contribution in [0.25, 0.3) is 11.0 Å². The SMILES string of the molecule is Cc1ncnc2c1ccn2C1CC2COCC2O1. The molecule has 2 aliphatic heterocycles. The summed E-state index contributed by atoms with van der Waals surface area (Å²) in [5, 5.41) is 1.11. The average molecular weight is 245 g/mol. The molecular weight excluding hydrogens is 230 g/mol. The molecule has 3 unspecified atom stereocenters. The maximum absolute atomic E-state index is 6.06. The first-order valence-electron chi connectivity index (χ1n) is 6.34. The lowest BCUT2D eigenvalue weighted by Crippen LogP contribution is -2.14. The molecule has 4 heterocycles. The molecule has 5 nitrogen and oxygen atoms in total. The Labute approximate surface area is 105 Å². The lowest BCUT2D eigenvalue weighted by atomic mass is 10.1. The van der Waals surface area contributed by atoms with Crippen LogP contribution in [-0.2, 0) is 9.47 Å². The van der Waals surface area contributed by atoms with Crippen LogP contribution in [0.2, 0.25) is 0 Å². The second-order valence-corrected chi connectivity index (χ2v) is 5.08. The van der Waals surface area contributed by atoms with E-state index >= 15 is 0 Å². The van der Waals surface area contributed by atoms with Crippen molar-refractivity contribution in [3.05, 3.63) is 24.3 Å². The van der Waals surface area contributed by atoms with Crippen molar-refractivity contribution in [1.82, 2.24) is 14.5 Å². The molecular formula is C13H15N3O2. The first-order valence-corrected chi connectivity index (χ1v) is 6.34. The van der Waals surface area contributed by atoms with Crippen molar-refractivity contribution in [2.24, 2.45) is 5.92 Å². The van der Waals surface area contributed by atoms with Crippen LogP contribution in [0.1, 0.15) is 18.3 Å². The van der Waals surface area contributed by atoms with E-state index in [0.717, 1.165) is 36.4 Å². The highest BCUT2D eigenvalue weighted by molar-refractivity contribution is 5.78. The molecule has 18 heavy (non-hydrogen) atoms. The van der Waals surface area contributed by atoms with E-state index in [-0.39, 0.29) is 12.3 Å². The fourth-order valence-corrected chi connectivity index (χ4v) is 2.97. The largest absolute Gasteiger partial charge is 0.378 e. The van der Waals surface area contributed by atoms with Gasteiger partial charge in [-0.2, -0.15) is 0 Å². The van der Waals surface area contributed by atoms with Crippen LogP contribution in [-0.4, -0.2) is 33.9 Å². The first kappa shape index (κ1) is 10.5. The Balaban J connectivity index is 1.73. The standard InChI is InChI=1S/C13H15N3O2/c1-8-10-2-3-16(13(10)15-7-14-8)12-4-9-5-17-6-11(9)18-12/h2-3,7,9,11-12H,4-6H2,1H3. The van der Waals surface area contributed by atoms with Crippen LogP contribution in [0.3, 0.4) is 0 Å². The van der Waals surface area contributed by atoms with Crippen LogP contribution in [0, 0.1) is 12.8 Å². The van der Waals surface area contributed by atoms with Gasteiger partial charge in [0, 0.05) is 23.9 Å². The summed E-state index contributed by atoms with van der Waals surface area (Å²) in [6, 6.07) is 2.07. The minimum atomic E-state index is 0.0932. The number of ether oxygens (including phenoxy) is 2. The summed E-state index contributed by atoms with van der Waals surface area (Å²) < 4.78 is 13.6. The molecule has 0 aliphatic carbocycles. The van der Waals surface area contributed by atoms with E-state index in [1.165, 1.54) is 0 Å². The Morgan fingerprint density at radius 2 is 2.28 bits per heavy atom. The molecule has 0 radical (unpaired) electrons. The predicted octanol–water partition coefficient (Wildman–Crippen LogP) is 1.67. The molecule has 94 valence electrons. The van der Waals surface area contributed by atoms with E-state index in [1.807, 2.05) is 6.92 Å². The summed E-state index contributed by atoms with van der Waals surface area (Å²) in [4.78, 5) is 8.60. The van der Waals surface area contributed by atoms with Crippen LogP contribution in [0.15, 0.2) is 18.6 Å². The van der Waals surface area contributed by atoms with Crippen molar-refractivity contribution < 1.29 is 9.47 Å². The third-order valence-electron chi connectivity index (χ3n) is 3.99. The van der Waals surface area contributed by atoms with Crippen molar-refractivity contribution in [2.45, 2.75) is 25.7 Å². The Hall–Kier alpha value is -1.46. The van der Waals surface area contributed by atoms with E-state index in [9.17, 15) is 0 Å². The van der Waals surface area contributed by atoms with Gasteiger partial charge in [-0.1, -0.05) is 0 Å². The lowest BCUT2D eigenvalue weighted by molar-refractivity contribution is -0.0145. The Morgan fingerprint density at radius 1 is 1.33 bits per heavy atom. The Kier molecular flexibility index (Phi) is 2.19. The maximum atomic E-state index is 6.06. The smallest absolute Gasteiger partial charge is 0.145 e. The van der Waals surface area contributed by atoms with Crippen molar-refractivity contribution >= 4 is 11.0 Å². The maximum Gasteiger partial charge on any atom is 0.145 e. The summed E-state index contributed by atoms with van der Waals surface area (Å²) >= 11 is 0. The zero-order valence-corrected chi connectivity index (χ0v) is 10.2. The lowest BCUT2D eigenvalue weighted by Gasteiger charge is -2.15. The Bertz CT molecular complexity index is 583. The summed E-state index contributed by atoms with van der Waals surface area (Å²) in [6.45, 7) is 3.56. The molecule has 0 N–H and O–H groups in total. The van der Waals surface area contributed by atoms with Gasteiger partial charge < -0.3 is 14.0 Å². The van der Waals surface area contributed by atoms with Gasteiger partial charge in [-0.3, -0.25) is 0 Å². The molecule has 0 amide bonds. The van der Waals surface area contributed by atoms with Gasteiger partial charge in [0.1, 0.15) is 18.2 Å². The molecule has 2 aliphatic rings. The molecule has 3 atom stereocenters. The summed E-state index contributed by atoms with van der Waals surface area (Å²) in [7, 11) is 0. The molecule has 0 aromatic carbocycles. The van der Waals surface area contributed by atoms with Crippen LogP contribution < -0.4 is 0 Å². The molecule has 0 saturated carbocycles. The van der Waals surface area contributed by atoms with Gasteiger partial charge in [-0.05, 0) is 13.0 Å². The van der Waals surface area contributed by atoms with Crippen molar-refractivity contribution in [1.29, 1.82) is 0 Å². The molecule has 0 spiro atoms. The van der Waals surface area contributed by atoms with E-state index in [4.69, 9.17) is 9.47 Å². The fraction of sp³-hybridized carbons (Fsp3) is 0.538. The number of fused-ring (bicyclic) bond motifs is 2. The second kappa shape index (κ2) is 3.76. The van der Waals surface area contributed by atoms with Crippen molar-refractivity contribution in [3.8, 4) is 0 Å². The zero-order valence-electron chi connectivity index (χ0n) is 10.2. The van der Waals surface area contributed by atoms with Gasteiger partial charge in [0.05, 0.1) is 25.0 Å². The Morgan fingerprint density at radius 3 is 3.17 bits per heavy atom. The van der Waals surface area contributed by atoms with E-state index in [1.54, 1.807) is 6.33 Å². The van der Waals surface area contributed by atoms with Crippen molar-refractivity contribution in [2.75, 3.05) is 13.2 Å². The van der Waals surface area contributed by atoms with E-state index in [2.05, 4.69) is 26.8 Å². The summed E-state index contributed by atoms with van der Waals surface area (Å²) in [5.41, 5.74) is 1.98. The number of rotatable bonds is 1. The van der Waals surface area contributed by atoms with Crippen molar-refractivity contribution in [3.63, 3.8) is 0 Å². The number of nitrogens with zero attached hydrogens (tertiary/aromatic N) is 3. The molecule has 4 rings (SSSR count). The normalized spacial score (nSPS) is 31.1. The van der Waals surface area contributed by atoms with Gasteiger partial charge in [-0.15, -0.1) is 0 Å². The number of hydrogen-bond donors (Lipinski definition) is 0. The highest BCUT2D eigenvalue weighted by Crippen LogP contribution is 2.38. The highest BCUT2D eigenvalue weighted by atomic mass is 16.6. The number of aromatic nitrogens is 3. The first-order chi connectivity index (χ1) is 8.83. The van der Waals surface area contributed by atoms with Crippen LogP contribution in [0.4, 0.5) is 0 Å². The van der Waals surface area contributed by atoms with Crippen LogP contribution in [0.5, 0.6) is 0 Å². The fourth-order valence-electron chi connectivity index (χ4n) is 2.97. The van der Waals surface area contributed by atoms with Gasteiger partial charge in [0.25, 0.3) is 0 Å². The summed E-state index contributed by atoms with van der Waals surface area (Å²) in [6.07, 6.45) is 5.04. The minimum Gasteiger partial charge on any atom is -0.378 e. The van der Waals surface area contributed by atoms with Gasteiger partial charge >= 0.3 is 0 Å². The molecule has 2 aromatic heterocycles. The number of hydrogen-bond acceptors (Lipinski definition) is 4.